The molecule has 0 spiro atoms. The van der Waals surface area contributed by atoms with E-state index in [0.717, 1.165) is 51.5 Å². The van der Waals surface area contributed by atoms with Crippen LogP contribution in [0.1, 0.15) is 58.3 Å². The predicted molar refractivity (Wildman–Crippen MR) is 73.9 cm³/mol. The molecule has 4 heteroatoms. The normalized spacial score (nSPS) is 33.7. The molecule has 1 aliphatic heterocycles. The first-order chi connectivity index (χ1) is 9.24. The number of carbonyl (C=O) groups is 1. The second-order valence-electron chi connectivity index (χ2n) is 5.77. The number of aliphatic hydroxyl groups is 1. The summed E-state index contributed by atoms with van der Waals surface area (Å²) in [5.41, 5.74) is 0. The lowest BCUT2D eigenvalue weighted by atomic mass is 9.95. The van der Waals surface area contributed by atoms with E-state index in [1.807, 2.05) is 6.92 Å². The fourth-order valence-electron chi connectivity index (χ4n) is 3.50. The highest BCUT2D eigenvalue weighted by atomic mass is 16.5. The van der Waals surface area contributed by atoms with Crippen LogP contribution in [-0.4, -0.2) is 47.3 Å². The van der Waals surface area contributed by atoms with Gasteiger partial charge in [-0.1, -0.05) is 25.7 Å². The van der Waals surface area contributed by atoms with Crippen molar-refractivity contribution in [1.82, 2.24) is 4.90 Å². The molecule has 1 aliphatic carbocycles. The van der Waals surface area contributed by atoms with Gasteiger partial charge in [-0.3, -0.25) is 9.69 Å². The SMILES string of the molecule is CCOC(=O)C1CCCCN1C1CCCCCC1O. The molecule has 1 saturated carbocycles. The Balaban J connectivity index is 2.06. The van der Waals surface area contributed by atoms with Crippen LogP contribution in [-0.2, 0) is 9.53 Å². The van der Waals surface area contributed by atoms with Gasteiger partial charge in [0.25, 0.3) is 0 Å². The van der Waals surface area contributed by atoms with Gasteiger partial charge in [-0.25, -0.2) is 0 Å². The number of likely N-dealkylation sites (tertiary alicyclic amines) is 1. The van der Waals surface area contributed by atoms with E-state index in [2.05, 4.69) is 4.90 Å². The highest BCUT2D eigenvalue weighted by Crippen LogP contribution is 2.28. The highest BCUT2D eigenvalue weighted by molar-refractivity contribution is 5.76. The van der Waals surface area contributed by atoms with Crippen molar-refractivity contribution in [2.45, 2.75) is 76.5 Å². The van der Waals surface area contributed by atoms with Gasteiger partial charge in [0.1, 0.15) is 6.04 Å². The van der Waals surface area contributed by atoms with E-state index in [9.17, 15) is 9.90 Å². The van der Waals surface area contributed by atoms with Crippen LogP contribution in [0, 0.1) is 0 Å². The number of rotatable bonds is 3. The standard InChI is InChI=1S/C15H27NO3/c1-2-19-15(18)13-9-6-7-11-16(13)12-8-4-3-5-10-14(12)17/h12-14,17H,2-11H2,1H3. The summed E-state index contributed by atoms with van der Waals surface area (Å²) in [7, 11) is 0. The van der Waals surface area contributed by atoms with Crippen molar-refractivity contribution < 1.29 is 14.6 Å². The summed E-state index contributed by atoms with van der Waals surface area (Å²) in [5, 5.41) is 10.3. The minimum atomic E-state index is -0.280. The molecule has 0 bridgehead atoms. The number of hydrogen-bond donors (Lipinski definition) is 1. The van der Waals surface area contributed by atoms with Crippen LogP contribution in [0.4, 0.5) is 0 Å². The van der Waals surface area contributed by atoms with Crippen molar-refractivity contribution in [3.8, 4) is 0 Å². The van der Waals surface area contributed by atoms with Crippen LogP contribution in [0.3, 0.4) is 0 Å². The molecule has 0 aromatic heterocycles. The topological polar surface area (TPSA) is 49.8 Å². The van der Waals surface area contributed by atoms with Gasteiger partial charge >= 0.3 is 5.97 Å². The zero-order valence-electron chi connectivity index (χ0n) is 12.0. The summed E-state index contributed by atoms with van der Waals surface area (Å²) in [4.78, 5) is 14.3. The molecular formula is C15H27NO3. The highest BCUT2D eigenvalue weighted by Gasteiger charge is 2.37. The second-order valence-corrected chi connectivity index (χ2v) is 5.77. The van der Waals surface area contributed by atoms with Crippen molar-refractivity contribution in [2.75, 3.05) is 13.2 Å². The van der Waals surface area contributed by atoms with Crippen LogP contribution < -0.4 is 0 Å². The molecule has 0 aromatic carbocycles. The Morgan fingerprint density at radius 3 is 2.68 bits per heavy atom. The van der Waals surface area contributed by atoms with E-state index >= 15 is 0 Å². The maximum absolute atomic E-state index is 12.1. The number of aliphatic hydroxyl groups excluding tert-OH is 1. The minimum absolute atomic E-state index is 0.0985. The summed E-state index contributed by atoms with van der Waals surface area (Å²) >= 11 is 0. The monoisotopic (exact) mass is 269 g/mol. The lowest BCUT2D eigenvalue weighted by Gasteiger charge is -2.41. The number of esters is 1. The zero-order valence-corrected chi connectivity index (χ0v) is 12.0. The fraction of sp³-hybridized carbons (Fsp3) is 0.933. The summed E-state index contributed by atoms with van der Waals surface area (Å²) in [5.74, 6) is -0.0985. The van der Waals surface area contributed by atoms with E-state index in [-0.39, 0.29) is 24.2 Å². The fourth-order valence-corrected chi connectivity index (χ4v) is 3.50. The number of carbonyl (C=O) groups excluding carboxylic acids is 1. The lowest BCUT2D eigenvalue weighted by Crippen LogP contribution is -2.54. The average molecular weight is 269 g/mol. The third-order valence-corrected chi connectivity index (χ3v) is 4.47. The number of hydrogen-bond acceptors (Lipinski definition) is 4. The summed E-state index contributed by atoms with van der Waals surface area (Å²) in [6.07, 6.45) is 8.16. The molecule has 2 rings (SSSR count). The molecule has 3 unspecified atom stereocenters. The predicted octanol–water partition coefficient (Wildman–Crippen LogP) is 2.10. The third kappa shape index (κ3) is 3.69. The van der Waals surface area contributed by atoms with Crippen LogP contribution in [0.25, 0.3) is 0 Å². The van der Waals surface area contributed by atoms with Crippen molar-refractivity contribution in [3.63, 3.8) is 0 Å². The number of piperidine rings is 1. The van der Waals surface area contributed by atoms with Crippen molar-refractivity contribution in [3.05, 3.63) is 0 Å². The molecule has 0 radical (unpaired) electrons. The van der Waals surface area contributed by atoms with Crippen molar-refractivity contribution >= 4 is 5.97 Å². The molecule has 0 aromatic rings. The molecule has 110 valence electrons. The molecule has 4 nitrogen and oxygen atoms in total. The second kappa shape index (κ2) is 7.25. The van der Waals surface area contributed by atoms with Gasteiger partial charge in [0.05, 0.1) is 12.7 Å². The van der Waals surface area contributed by atoms with Gasteiger partial charge in [0, 0.05) is 6.04 Å². The zero-order chi connectivity index (χ0) is 13.7. The van der Waals surface area contributed by atoms with Gasteiger partial charge in [-0.15, -0.1) is 0 Å². The molecule has 2 fully saturated rings. The Morgan fingerprint density at radius 1 is 1.16 bits per heavy atom. The van der Waals surface area contributed by atoms with E-state index in [1.165, 1.54) is 6.42 Å². The minimum Gasteiger partial charge on any atom is -0.465 e. The Hall–Kier alpha value is -0.610. The Labute approximate surface area is 116 Å². The van der Waals surface area contributed by atoms with Crippen LogP contribution >= 0.6 is 0 Å². The van der Waals surface area contributed by atoms with Gasteiger partial charge in [0.15, 0.2) is 0 Å². The molecule has 2 aliphatic rings. The third-order valence-electron chi connectivity index (χ3n) is 4.47. The summed E-state index contributed by atoms with van der Waals surface area (Å²) in [6, 6.07) is 0.0173. The molecule has 1 heterocycles. The Morgan fingerprint density at radius 2 is 1.89 bits per heavy atom. The molecule has 3 atom stereocenters. The van der Waals surface area contributed by atoms with Crippen LogP contribution in [0.15, 0.2) is 0 Å². The first-order valence-corrected chi connectivity index (χ1v) is 7.84. The Kier molecular flexibility index (Phi) is 5.64. The number of ether oxygens (including phenoxy) is 1. The first-order valence-electron chi connectivity index (χ1n) is 7.84. The van der Waals surface area contributed by atoms with E-state index < -0.39 is 0 Å². The van der Waals surface area contributed by atoms with Gasteiger partial charge < -0.3 is 9.84 Å². The average Bonchev–Trinajstić information content (AvgIpc) is 2.64. The number of nitrogens with zero attached hydrogens (tertiary/aromatic N) is 1. The molecule has 19 heavy (non-hydrogen) atoms. The molecular weight excluding hydrogens is 242 g/mol. The van der Waals surface area contributed by atoms with Crippen LogP contribution in [0.5, 0.6) is 0 Å². The summed E-state index contributed by atoms with van der Waals surface area (Å²) < 4.78 is 5.21. The largest absolute Gasteiger partial charge is 0.465 e. The van der Waals surface area contributed by atoms with E-state index in [0.29, 0.717) is 6.61 Å². The smallest absolute Gasteiger partial charge is 0.323 e. The summed E-state index contributed by atoms with van der Waals surface area (Å²) in [6.45, 7) is 3.22. The van der Waals surface area contributed by atoms with Crippen LogP contribution in [0.2, 0.25) is 0 Å². The lowest BCUT2D eigenvalue weighted by molar-refractivity contribution is -0.153. The first kappa shape index (κ1) is 14.8. The van der Waals surface area contributed by atoms with Gasteiger partial charge in [0.2, 0.25) is 0 Å². The molecule has 1 N–H and O–H groups in total. The molecule has 0 amide bonds. The maximum atomic E-state index is 12.1. The van der Waals surface area contributed by atoms with Gasteiger partial charge in [-0.05, 0) is 39.2 Å². The molecule has 1 saturated heterocycles. The van der Waals surface area contributed by atoms with E-state index in [4.69, 9.17) is 4.74 Å². The quantitative estimate of drug-likeness (QED) is 0.629. The van der Waals surface area contributed by atoms with E-state index in [1.54, 1.807) is 0 Å². The van der Waals surface area contributed by atoms with Crippen molar-refractivity contribution in [1.29, 1.82) is 0 Å². The Bertz CT molecular complexity index is 295. The van der Waals surface area contributed by atoms with Gasteiger partial charge in [-0.2, -0.15) is 0 Å². The van der Waals surface area contributed by atoms with Crippen molar-refractivity contribution in [2.24, 2.45) is 0 Å². The maximum Gasteiger partial charge on any atom is 0.323 e.